The highest BCUT2D eigenvalue weighted by Crippen LogP contribution is 2.14. The number of unbranched alkanes of at least 4 members (excludes halogenated alkanes) is 1. The highest BCUT2D eigenvalue weighted by atomic mass is 19.4. The first kappa shape index (κ1) is 17.2. The number of rotatable bonds is 9. The van der Waals surface area contributed by atoms with Crippen LogP contribution in [0.4, 0.5) is 13.2 Å². The first-order valence-corrected chi connectivity index (χ1v) is 5.86. The molecule has 0 aliphatic carbocycles. The number of carbonyl (C=O) groups is 1. The molecule has 0 aromatic heterocycles. The molecule has 0 radical (unpaired) electrons. The van der Waals surface area contributed by atoms with Gasteiger partial charge in [0, 0.05) is 6.54 Å². The molecular formula is C11H20F3NO3. The van der Waals surface area contributed by atoms with Gasteiger partial charge in [0.25, 0.3) is 0 Å². The number of halogens is 3. The summed E-state index contributed by atoms with van der Waals surface area (Å²) in [4.78, 5) is 11.3. The fourth-order valence-electron chi connectivity index (χ4n) is 1.35. The van der Waals surface area contributed by atoms with Crippen molar-refractivity contribution in [2.75, 3.05) is 26.9 Å². The molecule has 1 N–H and O–H groups in total. The number of methoxy groups -OCH3 is 1. The van der Waals surface area contributed by atoms with Gasteiger partial charge in [-0.3, -0.25) is 4.79 Å². The van der Waals surface area contributed by atoms with Gasteiger partial charge in [0.1, 0.15) is 12.6 Å². The number of nitrogens with one attached hydrogen (secondary N) is 1. The first-order valence-electron chi connectivity index (χ1n) is 5.86. The molecule has 0 aromatic rings. The third-order valence-electron chi connectivity index (χ3n) is 2.23. The molecule has 0 spiro atoms. The Kier molecular flexibility index (Phi) is 8.74. The maximum absolute atomic E-state index is 11.8. The van der Waals surface area contributed by atoms with Crippen LogP contribution in [-0.2, 0) is 14.3 Å². The number of ether oxygens (including phenoxy) is 2. The number of esters is 1. The van der Waals surface area contributed by atoms with Gasteiger partial charge in [0.05, 0.1) is 13.7 Å². The summed E-state index contributed by atoms with van der Waals surface area (Å²) in [5.41, 5.74) is 0. The van der Waals surface area contributed by atoms with E-state index >= 15 is 0 Å². The zero-order valence-corrected chi connectivity index (χ0v) is 10.7. The topological polar surface area (TPSA) is 47.6 Å². The Morgan fingerprint density at radius 3 is 2.56 bits per heavy atom. The molecule has 108 valence electrons. The molecule has 1 unspecified atom stereocenters. The molecule has 0 aromatic carbocycles. The van der Waals surface area contributed by atoms with Crippen LogP contribution in [0.5, 0.6) is 0 Å². The smallest absolute Gasteiger partial charge is 0.411 e. The molecule has 4 nitrogen and oxygen atoms in total. The second-order valence-corrected chi connectivity index (χ2v) is 3.84. The lowest BCUT2D eigenvalue weighted by atomic mass is 10.1. The van der Waals surface area contributed by atoms with Crippen molar-refractivity contribution >= 4 is 5.97 Å². The van der Waals surface area contributed by atoms with E-state index < -0.39 is 24.8 Å². The van der Waals surface area contributed by atoms with Gasteiger partial charge in [0.2, 0.25) is 0 Å². The van der Waals surface area contributed by atoms with Crippen LogP contribution < -0.4 is 5.32 Å². The number of hydrogen-bond acceptors (Lipinski definition) is 4. The molecule has 7 heteroatoms. The van der Waals surface area contributed by atoms with Crippen molar-refractivity contribution in [3.8, 4) is 0 Å². The predicted molar refractivity (Wildman–Crippen MR) is 60.2 cm³/mol. The molecule has 0 rings (SSSR count). The van der Waals surface area contributed by atoms with E-state index in [1.807, 2.05) is 6.92 Å². The molecule has 0 saturated carbocycles. The fourth-order valence-corrected chi connectivity index (χ4v) is 1.35. The van der Waals surface area contributed by atoms with E-state index in [1.54, 1.807) is 0 Å². The molecule has 0 bridgehead atoms. The third-order valence-corrected chi connectivity index (χ3v) is 2.23. The second-order valence-electron chi connectivity index (χ2n) is 3.84. The summed E-state index contributed by atoms with van der Waals surface area (Å²) in [6.07, 6.45) is -1.94. The first-order chi connectivity index (χ1) is 8.40. The SMILES string of the molecule is CCCCC(NCCOCC(F)(F)F)C(=O)OC. The minimum absolute atomic E-state index is 0.0981. The normalized spacial score (nSPS) is 13.4. The Balaban J connectivity index is 3.79. The minimum atomic E-state index is -4.32. The van der Waals surface area contributed by atoms with Gasteiger partial charge in [-0.2, -0.15) is 13.2 Å². The lowest BCUT2D eigenvalue weighted by Gasteiger charge is -2.16. The Hall–Kier alpha value is -0.820. The van der Waals surface area contributed by atoms with Crippen LogP contribution in [0.2, 0.25) is 0 Å². The summed E-state index contributed by atoms with van der Waals surface area (Å²) >= 11 is 0. The molecule has 0 aliphatic rings. The van der Waals surface area contributed by atoms with E-state index in [9.17, 15) is 18.0 Å². The van der Waals surface area contributed by atoms with Gasteiger partial charge >= 0.3 is 12.1 Å². The minimum Gasteiger partial charge on any atom is -0.468 e. The molecule has 0 aliphatic heterocycles. The van der Waals surface area contributed by atoms with E-state index in [0.717, 1.165) is 12.8 Å². The summed E-state index contributed by atoms with van der Waals surface area (Å²) in [6.45, 7) is 0.798. The summed E-state index contributed by atoms with van der Waals surface area (Å²) in [5, 5.41) is 2.82. The van der Waals surface area contributed by atoms with Crippen molar-refractivity contribution in [3.63, 3.8) is 0 Å². The number of hydrogen-bond donors (Lipinski definition) is 1. The van der Waals surface area contributed by atoms with E-state index in [2.05, 4.69) is 14.8 Å². The van der Waals surface area contributed by atoms with Crippen molar-refractivity contribution in [1.82, 2.24) is 5.32 Å². The van der Waals surface area contributed by atoms with E-state index in [-0.39, 0.29) is 13.2 Å². The molecule has 0 saturated heterocycles. The Bertz CT molecular complexity index is 234. The van der Waals surface area contributed by atoms with Gasteiger partial charge in [-0.05, 0) is 6.42 Å². The van der Waals surface area contributed by atoms with Gasteiger partial charge < -0.3 is 14.8 Å². The van der Waals surface area contributed by atoms with Crippen molar-refractivity contribution in [2.45, 2.75) is 38.4 Å². The van der Waals surface area contributed by atoms with Crippen LogP contribution >= 0.6 is 0 Å². The summed E-state index contributed by atoms with van der Waals surface area (Å²) in [6, 6.07) is -0.482. The Labute approximate surface area is 105 Å². The predicted octanol–water partition coefficient (Wildman–Crippen LogP) is 1.89. The van der Waals surface area contributed by atoms with E-state index in [1.165, 1.54) is 7.11 Å². The fraction of sp³-hybridized carbons (Fsp3) is 0.909. The molecule has 18 heavy (non-hydrogen) atoms. The second kappa shape index (κ2) is 9.16. The van der Waals surface area contributed by atoms with Crippen molar-refractivity contribution in [2.24, 2.45) is 0 Å². The van der Waals surface area contributed by atoms with Crippen molar-refractivity contribution < 1.29 is 27.4 Å². The summed E-state index contributed by atoms with van der Waals surface area (Å²) < 4.78 is 44.3. The molecular weight excluding hydrogens is 251 g/mol. The monoisotopic (exact) mass is 271 g/mol. The van der Waals surface area contributed by atoms with Crippen LogP contribution in [0.3, 0.4) is 0 Å². The highest BCUT2D eigenvalue weighted by molar-refractivity contribution is 5.75. The van der Waals surface area contributed by atoms with Gasteiger partial charge in [-0.1, -0.05) is 19.8 Å². The summed E-state index contributed by atoms with van der Waals surface area (Å²) in [7, 11) is 1.28. The number of alkyl halides is 3. The zero-order valence-electron chi connectivity index (χ0n) is 10.7. The van der Waals surface area contributed by atoms with Crippen LogP contribution in [0.15, 0.2) is 0 Å². The van der Waals surface area contributed by atoms with Gasteiger partial charge in [0.15, 0.2) is 0 Å². The van der Waals surface area contributed by atoms with Gasteiger partial charge in [-0.15, -0.1) is 0 Å². The van der Waals surface area contributed by atoms with E-state index in [4.69, 9.17) is 0 Å². The third kappa shape index (κ3) is 9.23. The maximum atomic E-state index is 11.8. The zero-order chi connectivity index (χ0) is 14.0. The Morgan fingerprint density at radius 1 is 1.39 bits per heavy atom. The lowest BCUT2D eigenvalue weighted by molar-refractivity contribution is -0.173. The van der Waals surface area contributed by atoms with Crippen molar-refractivity contribution in [1.29, 1.82) is 0 Å². The quantitative estimate of drug-likeness (QED) is 0.514. The standard InChI is InChI=1S/C11H20F3NO3/c1-3-4-5-9(10(16)17-2)15-6-7-18-8-11(12,13)14/h9,15H,3-8H2,1-2H3. The lowest BCUT2D eigenvalue weighted by Crippen LogP contribution is -2.39. The van der Waals surface area contributed by atoms with Crippen LogP contribution in [-0.4, -0.2) is 45.1 Å². The van der Waals surface area contributed by atoms with Gasteiger partial charge in [-0.25, -0.2) is 0 Å². The average molecular weight is 271 g/mol. The average Bonchev–Trinajstić information content (AvgIpc) is 2.30. The Morgan fingerprint density at radius 2 is 2.06 bits per heavy atom. The van der Waals surface area contributed by atoms with Crippen LogP contribution in [0.1, 0.15) is 26.2 Å². The highest BCUT2D eigenvalue weighted by Gasteiger charge is 2.27. The molecule has 0 amide bonds. The van der Waals surface area contributed by atoms with Crippen LogP contribution in [0, 0.1) is 0 Å². The molecule has 0 heterocycles. The van der Waals surface area contributed by atoms with Crippen molar-refractivity contribution in [3.05, 3.63) is 0 Å². The molecule has 0 fully saturated rings. The number of carbonyl (C=O) groups excluding carboxylic acids is 1. The largest absolute Gasteiger partial charge is 0.468 e. The summed E-state index contributed by atoms with van der Waals surface area (Å²) in [5.74, 6) is -0.403. The van der Waals surface area contributed by atoms with E-state index in [0.29, 0.717) is 6.42 Å². The maximum Gasteiger partial charge on any atom is 0.411 e. The molecule has 1 atom stereocenters. The van der Waals surface area contributed by atoms with Crippen LogP contribution in [0.25, 0.3) is 0 Å².